The summed E-state index contributed by atoms with van der Waals surface area (Å²) < 4.78 is 1.67. The van der Waals surface area contributed by atoms with Gasteiger partial charge in [-0.2, -0.15) is 0 Å². The van der Waals surface area contributed by atoms with Gasteiger partial charge in [0.2, 0.25) is 5.82 Å². The molecule has 4 rings (SSSR count). The minimum absolute atomic E-state index is 0.0651. The Morgan fingerprint density at radius 2 is 1.50 bits per heavy atom. The zero-order valence-corrected chi connectivity index (χ0v) is 17.9. The summed E-state index contributed by atoms with van der Waals surface area (Å²) in [4.78, 5) is 30.9. The second-order valence-corrected chi connectivity index (χ2v) is 7.45. The molecule has 32 heavy (non-hydrogen) atoms. The van der Waals surface area contributed by atoms with E-state index in [4.69, 9.17) is 0 Å². The lowest BCUT2D eigenvalue weighted by Crippen LogP contribution is -2.24. The van der Waals surface area contributed by atoms with Crippen LogP contribution in [-0.4, -0.2) is 45.6 Å². The number of carbonyl (C=O) groups is 2. The highest BCUT2D eigenvalue weighted by atomic mass is 16.2. The molecule has 1 N–H and O–H groups in total. The first kappa shape index (κ1) is 21.0. The van der Waals surface area contributed by atoms with Crippen LogP contribution in [0.2, 0.25) is 0 Å². The molecule has 4 aromatic rings. The minimum atomic E-state index is -0.370. The minimum Gasteiger partial charge on any atom is -0.345 e. The van der Waals surface area contributed by atoms with Gasteiger partial charge in [-0.05, 0) is 29.8 Å². The molecule has 3 aromatic carbocycles. The van der Waals surface area contributed by atoms with Gasteiger partial charge in [0.05, 0.1) is 5.69 Å². The molecule has 1 aromatic heterocycles. The number of carbonyl (C=O) groups excluding carboxylic acids is 2. The van der Waals surface area contributed by atoms with Gasteiger partial charge in [0.1, 0.15) is 0 Å². The fourth-order valence-electron chi connectivity index (χ4n) is 3.22. The summed E-state index contributed by atoms with van der Waals surface area (Å²) in [6, 6.07) is 26.4. The zero-order chi connectivity index (χ0) is 22.5. The maximum absolute atomic E-state index is 12.8. The third-order valence-corrected chi connectivity index (χ3v) is 4.90. The van der Waals surface area contributed by atoms with Crippen LogP contribution < -0.4 is 5.32 Å². The Kier molecular flexibility index (Phi) is 6.07. The molecule has 0 saturated heterocycles. The van der Waals surface area contributed by atoms with Gasteiger partial charge in [-0.25, -0.2) is 9.67 Å². The lowest BCUT2D eigenvalue weighted by molar-refractivity contribution is 0.0827. The molecule has 0 aliphatic heterocycles. The van der Waals surface area contributed by atoms with Crippen LogP contribution in [-0.2, 0) is 6.54 Å². The standard InChI is InChI=1S/C25H23N5O2/c1-29(2)25(32)20-15-13-18(14-16-20)17-26-24(31)22-27-23(19-9-5-3-6-10-19)30(28-22)21-11-7-4-8-12-21/h3-16H,17H2,1-2H3,(H,26,31). The molecule has 0 radical (unpaired) electrons. The Hall–Kier alpha value is -4.26. The predicted octanol–water partition coefficient (Wildman–Crippen LogP) is 3.57. The summed E-state index contributed by atoms with van der Waals surface area (Å²) in [5.41, 5.74) is 3.16. The van der Waals surface area contributed by atoms with Gasteiger partial charge in [-0.3, -0.25) is 9.59 Å². The molecule has 0 bridgehead atoms. The number of hydrogen-bond donors (Lipinski definition) is 1. The second kappa shape index (κ2) is 9.26. The highest BCUT2D eigenvalue weighted by molar-refractivity contribution is 5.94. The van der Waals surface area contributed by atoms with Crippen LogP contribution in [0.25, 0.3) is 17.1 Å². The first-order valence-electron chi connectivity index (χ1n) is 10.2. The number of aromatic nitrogens is 3. The van der Waals surface area contributed by atoms with E-state index in [0.717, 1.165) is 16.8 Å². The summed E-state index contributed by atoms with van der Waals surface area (Å²) in [6.07, 6.45) is 0. The average molecular weight is 425 g/mol. The average Bonchev–Trinajstić information content (AvgIpc) is 3.29. The van der Waals surface area contributed by atoms with Crippen LogP contribution >= 0.6 is 0 Å². The topological polar surface area (TPSA) is 80.1 Å². The van der Waals surface area contributed by atoms with Gasteiger partial charge in [-0.15, -0.1) is 5.10 Å². The fraction of sp³-hybridized carbons (Fsp3) is 0.120. The van der Waals surface area contributed by atoms with Crippen LogP contribution in [0, 0.1) is 0 Å². The van der Waals surface area contributed by atoms with E-state index in [9.17, 15) is 9.59 Å². The molecule has 0 fully saturated rings. The molecule has 0 aliphatic rings. The summed E-state index contributed by atoms with van der Waals surface area (Å²) in [6.45, 7) is 0.301. The molecule has 0 saturated carbocycles. The van der Waals surface area contributed by atoms with Crippen LogP contribution in [0.3, 0.4) is 0 Å². The second-order valence-electron chi connectivity index (χ2n) is 7.45. The van der Waals surface area contributed by atoms with Crippen LogP contribution in [0.1, 0.15) is 26.5 Å². The van der Waals surface area contributed by atoms with E-state index in [1.807, 2.05) is 72.8 Å². The van der Waals surface area contributed by atoms with E-state index in [1.165, 1.54) is 4.90 Å². The predicted molar refractivity (Wildman–Crippen MR) is 122 cm³/mol. The quantitative estimate of drug-likeness (QED) is 0.512. The first-order chi connectivity index (χ1) is 15.5. The summed E-state index contributed by atoms with van der Waals surface area (Å²) in [5.74, 6) is 0.246. The van der Waals surface area contributed by atoms with Crippen molar-refractivity contribution in [3.8, 4) is 17.1 Å². The summed E-state index contributed by atoms with van der Waals surface area (Å²) in [7, 11) is 3.42. The van der Waals surface area contributed by atoms with Crippen molar-refractivity contribution >= 4 is 11.8 Å². The third-order valence-electron chi connectivity index (χ3n) is 4.90. The van der Waals surface area contributed by atoms with Crippen LogP contribution in [0.5, 0.6) is 0 Å². The molecule has 0 unspecified atom stereocenters. The van der Waals surface area contributed by atoms with Gasteiger partial charge in [0.25, 0.3) is 11.8 Å². The lowest BCUT2D eigenvalue weighted by Gasteiger charge is -2.10. The number of nitrogens with zero attached hydrogens (tertiary/aromatic N) is 4. The zero-order valence-electron chi connectivity index (χ0n) is 17.9. The maximum atomic E-state index is 12.8. The molecule has 0 aliphatic carbocycles. The van der Waals surface area contributed by atoms with E-state index < -0.39 is 0 Å². The fourth-order valence-corrected chi connectivity index (χ4v) is 3.22. The number of nitrogens with one attached hydrogen (secondary N) is 1. The molecule has 1 heterocycles. The number of rotatable bonds is 6. The van der Waals surface area contributed by atoms with Crippen LogP contribution in [0.15, 0.2) is 84.9 Å². The Morgan fingerprint density at radius 3 is 2.12 bits per heavy atom. The normalized spacial score (nSPS) is 10.6. The summed E-state index contributed by atoms with van der Waals surface area (Å²) in [5, 5.41) is 7.33. The van der Waals surface area contributed by atoms with Gasteiger partial charge >= 0.3 is 0 Å². The SMILES string of the molecule is CN(C)C(=O)c1ccc(CNC(=O)c2nc(-c3ccccc3)n(-c3ccccc3)n2)cc1. The Labute approximate surface area is 186 Å². The van der Waals surface area contributed by atoms with Crippen molar-refractivity contribution in [3.05, 3.63) is 102 Å². The Morgan fingerprint density at radius 1 is 0.875 bits per heavy atom. The van der Waals surface area contributed by atoms with Crippen LogP contribution in [0.4, 0.5) is 0 Å². The first-order valence-corrected chi connectivity index (χ1v) is 10.2. The Balaban J connectivity index is 1.54. The van der Waals surface area contributed by atoms with Crippen molar-refractivity contribution in [1.29, 1.82) is 0 Å². The largest absolute Gasteiger partial charge is 0.345 e. The van der Waals surface area contributed by atoms with E-state index in [2.05, 4.69) is 15.4 Å². The molecular weight excluding hydrogens is 402 g/mol. The van der Waals surface area contributed by atoms with E-state index in [1.54, 1.807) is 30.9 Å². The van der Waals surface area contributed by atoms with Crippen molar-refractivity contribution in [2.75, 3.05) is 14.1 Å². The van der Waals surface area contributed by atoms with Crippen molar-refractivity contribution in [1.82, 2.24) is 25.0 Å². The van der Waals surface area contributed by atoms with Crippen molar-refractivity contribution in [2.45, 2.75) is 6.54 Å². The monoisotopic (exact) mass is 425 g/mol. The van der Waals surface area contributed by atoms with E-state index in [-0.39, 0.29) is 17.6 Å². The van der Waals surface area contributed by atoms with Crippen molar-refractivity contribution in [2.24, 2.45) is 0 Å². The molecule has 0 spiro atoms. The Bertz CT molecular complexity index is 1160. The third kappa shape index (κ3) is 4.57. The lowest BCUT2D eigenvalue weighted by atomic mass is 10.1. The number of amides is 2. The highest BCUT2D eigenvalue weighted by Gasteiger charge is 2.18. The smallest absolute Gasteiger partial charge is 0.291 e. The van der Waals surface area contributed by atoms with E-state index in [0.29, 0.717) is 17.9 Å². The maximum Gasteiger partial charge on any atom is 0.291 e. The van der Waals surface area contributed by atoms with Gasteiger partial charge < -0.3 is 10.2 Å². The van der Waals surface area contributed by atoms with Gasteiger partial charge in [-0.1, -0.05) is 60.7 Å². The molecule has 7 heteroatoms. The highest BCUT2D eigenvalue weighted by Crippen LogP contribution is 2.21. The molecule has 160 valence electrons. The molecule has 0 atom stereocenters. The molecular formula is C25H23N5O2. The van der Waals surface area contributed by atoms with Gasteiger partial charge in [0.15, 0.2) is 5.82 Å². The number of para-hydroxylation sites is 1. The van der Waals surface area contributed by atoms with E-state index >= 15 is 0 Å². The van der Waals surface area contributed by atoms with Crippen molar-refractivity contribution < 1.29 is 9.59 Å². The van der Waals surface area contributed by atoms with Gasteiger partial charge in [0, 0.05) is 31.8 Å². The number of benzene rings is 3. The summed E-state index contributed by atoms with van der Waals surface area (Å²) >= 11 is 0. The number of hydrogen-bond acceptors (Lipinski definition) is 4. The molecule has 7 nitrogen and oxygen atoms in total. The molecule has 2 amide bonds. The van der Waals surface area contributed by atoms with Crippen molar-refractivity contribution in [3.63, 3.8) is 0 Å².